The molecule has 0 bridgehead atoms. The van der Waals surface area contributed by atoms with Crippen molar-refractivity contribution in [2.24, 2.45) is 0 Å². The summed E-state index contributed by atoms with van der Waals surface area (Å²) in [4.78, 5) is 11.8. The fourth-order valence-corrected chi connectivity index (χ4v) is 2.62. The van der Waals surface area contributed by atoms with Crippen molar-refractivity contribution in [2.45, 2.75) is 25.7 Å². The lowest BCUT2D eigenvalue weighted by atomic mass is 10.1. The van der Waals surface area contributed by atoms with Gasteiger partial charge in [0.05, 0.1) is 13.7 Å². The van der Waals surface area contributed by atoms with Gasteiger partial charge < -0.3 is 14.8 Å². The first kappa shape index (κ1) is 19.1. The predicted octanol–water partition coefficient (Wildman–Crippen LogP) is 4.26. The fourth-order valence-electron chi connectivity index (χ4n) is 2.39. The van der Waals surface area contributed by atoms with Gasteiger partial charge in [-0.2, -0.15) is 0 Å². The van der Waals surface area contributed by atoms with Crippen molar-refractivity contribution >= 4 is 17.5 Å². The van der Waals surface area contributed by atoms with Crippen LogP contribution in [0.5, 0.6) is 11.5 Å². The molecule has 1 N–H and O–H groups in total. The Hall–Kier alpha value is -2.20. The molecule has 0 radical (unpaired) electrons. The lowest BCUT2D eigenvalue weighted by molar-refractivity contribution is -0.121. The van der Waals surface area contributed by atoms with Crippen LogP contribution in [0, 0.1) is 0 Å². The molecule has 25 heavy (non-hydrogen) atoms. The SMILES string of the molecule is COc1ccc(OCCCC(=O)NCCCc2ccccc2Cl)cc1. The molecular weight excluding hydrogens is 338 g/mol. The van der Waals surface area contributed by atoms with Gasteiger partial charge in [-0.1, -0.05) is 29.8 Å². The maximum atomic E-state index is 11.8. The Bertz CT molecular complexity index is 658. The normalized spacial score (nSPS) is 10.3. The van der Waals surface area contributed by atoms with Crippen LogP contribution in [-0.2, 0) is 11.2 Å². The summed E-state index contributed by atoms with van der Waals surface area (Å²) in [6.07, 6.45) is 2.88. The molecule has 0 aliphatic heterocycles. The highest BCUT2D eigenvalue weighted by Gasteiger charge is 2.03. The molecule has 0 unspecified atom stereocenters. The largest absolute Gasteiger partial charge is 0.497 e. The van der Waals surface area contributed by atoms with Gasteiger partial charge in [-0.25, -0.2) is 0 Å². The second kappa shape index (κ2) is 10.6. The molecule has 0 saturated heterocycles. The molecule has 2 aromatic carbocycles. The summed E-state index contributed by atoms with van der Waals surface area (Å²) in [6, 6.07) is 15.2. The van der Waals surface area contributed by atoms with Crippen molar-refractivity contribution in [2.75, 3.05) is 20.3 Å². The van der Waals surface area contributed by atoms with E-state index in [9.17, 15) is 4.79 Å². The van der Waals surface area contributed by atoms with E-state index in [1.807, 2.05) is 48.5 Å². The number of methoxy groups -OCH3 is 1. The highest BCUT2D eigenvalue weighted by molar-refractivity contribution is 6.31. The summed E-state index contributed by atoms with van der Waals surface area (Å²) in [5, 5.41) is 3.71. The van der Waals surface area contributed by atoms with Crippen LogP contribution in [0.3, 0.4) is 0 Å². The maximum Gasteiger partial charge on any atom is 0.220 e. The van der Waals surface area contributed by atoms with Crippen molar-refractivity contribution in [3.63, 3.8) is 0 Å². The number of halogens is 1. The summed E-state index contributed by atoms with van der Waals surface area (Å²) in [6.45, 7) is 1.17. The molecule has 0 atom stereocenters. The molecule has 1 amide bonds. The van der Waals surface area contributed by atoms with Crippen molar-refractivity contribution < 1.29 is 14.3 Å². The molecule has 0 heterocycles. The second-order valence-corrected chi connectivity index (χ2v) is 6.08. The minimum Gasteiger partial charge on any atom is -0.497 e. The van der Waals surface area contributed by atoms with E-state index in [1.165, 1.54) is 0 Å². The molecule has 2 aromatic rings. The highest BCUT2D eigenvalue weighted by atomic mass is 35.5. The van der Waals surface area contributed by atoms with Gasteiger partial charge in [0.1, 0.15) is 11.5 Å². The number of carbonyl (C=O) groups is 1. The van der Waals surface area contributed by atoms with Gasteiger partial charge in [0, 0.05) is 18.0 Å². The lowest BCUT2D eigenvalue weighted by Crippen LogP contribution is -2.24. The molecular formula is C20H24ClNO3. The van der Waals surface area contributed by atoms with Gasteiger partial charge in [-0.15, -0.1) is 0 Å². The van der Waals surface area contributed by atoms with Crippen molar-refractivity contribution in [1.82, 2.24) is 5.32 Å². The van der Waals surface area contributed by atoms with Crippen LogP contribution in [0.4, 0.5) is 0 Å². The molecule has 5 heteroatoms. The number of nitrogens with one attached hydrogen (secondary N) is 1. The van der Waals surface area contributed by atoms with Crippen molar-refractivity contribution in [3.8, 4) is 11.5 Å². The summed E-state index contributed by atoms with van der Waals surface area (Å²) in [7, 11) is 1.63. The summed E-state index contributed by atoms with van der Waals surface area (Å²) < 4.78 is 10.7. The first-order valence-corrected chi connectivity index (χ1v) is 8.84. The van der Waals surface area contributed by atoms with Gasteiger partial charge in [0.15, 0.2) is 0 Å². The quantitative estimate of drug-likeness (QED) is 0.643. The Kier molecular flexibility index (Phi) is 8.13. The van der Waals surface area contributed by atoms with E-state index in [2.05, 4.69) is 5.32 Å². The standard InChI is InChI=1S/C20H24ClNO3/c1-24-17-10-12-18(13-11-17)25-15-5-9-20(23)22-14-4-7-16-6-2-3-8-19(16)21/h2-3,6,8,10-13H,4-5,7,9,14-15H2,1H3,(H,22,23). The van der Waals surface area contributed by atoms with Crippen LogP contribution < -0.4 is 14.8 Å². The summed E-state index contributed by atoms with van der Waals surface area (Å²) >= 11 is 6.11. The minimum absolute atomic E-state index is 0.0532. The highest BCUT2D eigenvalue weighted by Crippen LogP contribution is 2.17. The monoisotopic (exact) mass is 361 g/mol. The number of benzene rings is 2. The fraction of sp³-hybridized carbons (Fsp3) is 0.350. The number of aryl methyl sites for hydroxylation is 1. The molecule has 2 rings (SSSR count). The van der Waals surface area contributed by atoms with Crippen LogP contribution in [0.15, 0.2) is 48.5 Å². The Balaban J connectivity index is 1.54. The summed E-state index contributed by atoms with van der Waals surface area (Å²) in [5.41, 5.74) is 1.12. The molecule has 134 valence electrons. The van der Waals surface area contributed by atoms with Gasteiger partial charge >= 0.3 is 0 Å². The first-order valence-electron chi connectivity index (χ1n) is 8.46. The van der Waals surface area contributed by atoms with Gasteiger partial charge in [0.25, 0.3) is 0 Å². The van der Waals surface area contributed by atoms with E-state index < -0.39 is 0 Å². The van der Waals surface area contributed by atoms with Gasteiger partial charge in [-0.05, 0) is 55.2 Å². The number of ether oxygens (including phenoxy) is 2. The van der Waals surface area contributed by atoms with Crippen molar-refractivity contribution in [1.29, 1.82) is 0 Å². The zero-order chi connectivity index (χ0) is 17.9. The first-order chi connectivity index (χ1) is 12.2. The van der Waals surface area contributed by atoms with Crippen LogP contribution in [0.1, 0.15) is 24.8 Å². The number of carbonyl (C=O) groups excluding carboxylic acids is 1. The van der Waals surface area contributed by atoms with E-state index in [1.54, 1.807) is 7.11 Å². The predicted molar refractivity (Wildman–Crippen MR) is 101 cm³/mol. The third-order valence-corrected chi connectivity index (χ3v) is 4.15. The lowest BCUT2D eigenvalue weighted by Gasteiger charge is -2.08. The second-order valence-electron chi connectivity index (χ2n) is 5.67. The third kappa shape index (κ3) is 7.06. The van der Waals surface area contributed by atoms with Crippen LogP contribution in [-0.4, -0.2) is 26.2 Å². The van der Waals surface area contributed by atoms with Crippen LogP contribution >= 0.6 is 11.6 Å². The Morgan fingerprint density at radius 1 is 1.04 bits per heavy atom. The van der Waals surface area contributed by atoms with Gasteiger partial charge in [-0.3, -0.25) is 4.79 Å². The average Bonchev–Trinajstić information content (AvgIpc) is 2.64. The van der Waals surface area contributed by atoms with Gasteiger partial charge in [0.2, 0.25) is 5.91 Å². The Labute approximate surface area is 154 Å². The zero-order valence-electron chi connectivity index (χ0n) is 14.5. The van der Waals surface area contributed by atoms with Crippen LogP contribution in [0.25, 0.3) is 0 Å². The topological polar surface area (TPSA) is 47.6 Å². The molecule has 4 nitrogen and oxygen atoms in total. The molecule has 0 spiro atoms. The molecule has 0 aliphatic carbocycles. The number of rotatable bonds is 10. The smallest absolute Gasteiger partial charge is 0.220 e. The summed E-state index contributed by atoms with van der Waals surface area (Å²) in [5.74, 6) is 1.63. The molecule has 0 saturated carbocycles. The van der Waals surface area contributed by atoms with E-state index in [0.29, 0.717) is 26.0 Å². The van der Waals surface area contributed by atoms with E-state index in [-0.39, 0.29) is 5.91 Å². The van der Waals surface area contributed by atoms with E-state index in [4.69, 9.17) is 21.1 Å². The molecule has 0 aliphatic rings. The van der Waals surface area contributed by atoms with E-state index >= 15 is 0 Å². The maximum absolute atomic E-state index is 11.8. The van der Waals surface area contributed by atoms with E-state index in [0.717, 1.165) is 34.9 Å². The number of hydrogen-bond donors (Lipinski definition) is 1. The minimum atomic E-state index is 0.0532. The van der Waals surface area contributed by atoms with Crippen molar-refractivity contribution in [3.05, 3.63) is 59.1 Å². The Morgan fingerprint density at radius 3 is 2.48 bits per heavy atom. The average molecular weight is 362 g/mol. The third-order valence-electron chi connectivity index (χ3n) is 3.78. The Morgan fingerprint density at radius 2 is 1.76 bits per heavy atom. The number of amides is 1. The molecule has 0 aromatic heterocycles. The molecule has 0 fully saturated rings. The number of hydrogen-bond acceptors (Lipinski definition) is 3. The zero-order valence-corrected chi connectivity index (χ0v) is 15.2. The van der Waals surface area contributed by atoms with Crippen LogP contribution in [0.2, 0.25) is 5.02 Å².